The maximum Gasteiger partial charge on any atom is 0.280 e. The molecule has 12 nitrogen and oxygen atoms in total. The number of hydrogen-bond acceptors (Lipinski definition) is 9. The molecule has 0 aliphatic carbocycles. The summed E-state index contributed by atoms with van der Waals surface area (Å²) in [5.41, 5.74) is 4.55. The predicted octanol–water partition coefficient (Wildman–Crippen LogP) is 8.47. The maximum absolute atomic E-state index is 13.8. The Labute approximate surface area is 301 Å². The summed E-state index contributed by atoms with van der Waals surface area (Å²) >= 11 is 25.5. The van der Waals surface area contributed by atoms with E-state index in [1.807, 2.05) is 0 Å². The second kappa shape index (κ2) is 15.2. The minimum absolute atomic E-state index is 0.0288. The van der Waals surface area contributed by atoms with Crippen LogP contribution in [0.2, 0.25) is 20.1 Å². The first-order valence-electron chi connectivity index (χ1n) is 14.4. The van der Waals surface area contributed by atoms with Gasteiger partial charge in [-0.1, -0.05) is 46.4 Å². The number of aryl methyl sites for hydroxylation is 1. The first-order chi connectivity index (χ1) is 23.4. The molecule has 0 aromatic heterocycles. The van der Waals surface area contributed by atoms with Crippen LogP contribution in [0.1, 0.15) is 12.5 Å². The number of anilines is 2. The Bertz CT molecular complexity index is 1970. The molecule has 1 heterocycles. The Morgan fingerprint density at radius 2 is 1.65 bits per heavy atom. The van der Waals surface area contributed by atoms with E-state index < -0.39 is 24.0 Å². The molecule has 4 aromatic rings. The molecule has 1 aliphatic rings. The van der Waals surface area contributed by atoms with Crippen LogP contribution >= 0.6 is 46.4 Å². The van der Waals surface area contributed by atoms with Gasteiger partial charge in [-0.05, 0) is 80.1 Å². The van der Waals surface area contributed by atoms with Crippen molar-refractivity contribution < 1.29 is 28.9 Å². The number of methoxy groups -OCH3 is 2. The molecule has 254 valence electrons. The number of carbonyl (C=O) groups is 2. The van der Waals surface area contributed by atoms with Crippen LogP contribution in [0.15, 0.2) is 82.0 Å². The average molecular weight is 746 g/mol. The molecule has 1 aliphatic heterocycles. The molecule has 3 N–H and O–H groups in total. The molecular formula is C33H28Cl4N6O6. The van der Waals surface area contributed by atoms with Crippen LogP contribution in [-0.2, 0) is 9.59 Å². The van der Waals surface area contributed by atoms with E-state index in [0.29, 0.717) is 34.2 Å². The summed E-state index contributed by atoms with van der Waals surface area (Å²) in [6.45, 7) is 3.30. The molecule has 2 atom stereocenters. The lowest BCUT2D eigenvalue weighted by Gasteiger charge is -2.19. The number of halogens is 4. The van der Waals surface area contributed by atoms with Gasteiger partial charge in [0.25, 0.3) is 11.8 Å². The number of amidine groups is 1. The first-order valence-corrected chi connectivity index (χ1v) is 15.9. The Hall–Kier alpha value is -4.75. The topological polar surface area (TPSA) is 146 Å². The van der Waals surface area contributed by atoms with E-state index >= 15 is 0 Å². The highest BCUT2D eigenvalue weighted by Crippen LogP contribution is 2.39. The van der Waals surface area contributed by atoms with Crippen molar-refractivity contribution in [2.45, 2.75) is 26.0 Å². The number of carbonyl (C=O) groups excluding carboxylic acids is 2. The minimum atomic E-state index is -1.30. The Morgan fingerprint density at radius 1 is 0.939 bits per heavy atom. The summed E-state index contributed by atoms with van der Waals surface area (Å²) in [7, 11) is 2.99. The molecule has 0 radical (unpaired) electrons. The fourth-order valence-corrected chi connectivity index (χ4v) is 5.74. The summed E-state index contributed by atoms with van der Waals surface area (Å²) in [6.07, 6.45) is -0.896. The van der Waals surface area contributed by atoms with Gasteiger partial charge in [-0.25, -0.2) is 10.0 Å². The lowest BCUT2D eigenvalue weighted by molar-refractivity contribution is -0.122. The number of azo groups is 1. The quantitative estimate of drug-likeness (QED) is 0.138. The fourth-order valence-electron chi connectivity index (χ4n) is 4.59. The minimum Gasteiger partial charge on any atom is -0.508 e. The van der Waals surface area contributed by atoms with E-state index in [-0.39, 0.29) is 43.1 Å². The number of benzene rings is 4. The molecule has 5 rings (SSSR count). The normalized spacial score (nSPS) is 15.8. The van der Waals surface area contributed by atoms with Crippen molar-refractivity contribution in [1.29, 1.82) is 0 Å². The van der Waals surface area contributed by atoms with E-state index in [0.717, 1.165) is 5.01 Å². The van der Waals surface area contributed by atoms with Crippen molar-refractivity contribution in [2.75, 3.05) is 24.5 Å². The van der Waals surface area contributed by atoms with E-state index in [1.54, 1.807) is 50.2 Å². The average Bonchev–Trinajstić information content (AvgIpc) is 3.36. The SMILES string of the molecule is COc1ccc(N=NC2C(=O)N(c3c(Cl)cc(Cl)cc3Cl)NC2=Nc2cc(NC(=O)C(C)Oc3ccc(O)c(C)c3)ccc2Cl)cc1OC. The van der Waals surface area contributed by atoms with Gasteiger partial charge in [-0.15, -0.1) is 0 Å². The van der Waals surface area contributed by atoms with Crippen LogP contribution in [0.5, 0.6) is 23.0 Å². The van der Waals surface area contributed by atoms with E-state index in [4.69, 9.17) is 60.6 Å². The van der Waals surface area contributed by atoms with Crippen molar-refractivity contribution >= 4 is 86.8 Å². The van der Waals surface area contributed by atoms with Crippen molar-refractivity contribution in [3.05, 3.63) is 92.4 Å². The molecular weight excluding hydrogens is 718 g/mol. The van der Waals surface area contributed by atoms with Crippen LogP contribution in [0.4, 0.5) is 22.7 Å². The smallest absolute Gasteiger partial charge is 0.280 e. The highest BCUT2D eigenvalue weighted by Gasteiger charge is 2.41. The van der Waals surface area contributed by atoms with Crippen LogP contribution in [0.25, 0.3) is 0 Å². The van der Waals surface area contributed by atoms with Crippen molar-refractivity contribution in [1.82, 2.24) is 5.43 Å². The third-order valence-electron chi connectivity index (χ3n) is 7.11. The molecule has 0 saturated carbocycles. The van der Waals surface area contributed by atoms with Crippen molar-refractivity contribution in [3.8, 4) is 23.0 Å². The third-order valence-corrected chi connectivity index (χ3v) is 8.22. The van der Waals surface area contributed by atoms with Gasteiger partial charge in [-0.2, -0.15) is 10.2 Å². The predicted molar refractivity (Wildman–Crippen MR) is 190 cm³/mol. The number of aliphatic imine (C=N–C) groups is 1. The largest absolute Gasteiger partial charge is 0.508 e. The Kier molecular flexibility index (Phi) is 11.0. The summed E-state index contributed by atoms with van der Waals surface area (Å²) in [5.74, 6) is 0.390. The Morgan fingerprint density at radius 3 is 2.33 bits per heavy atom. The monoisotopic (exact) mass is 744 g/mol. The van der Waals surface area contributed by atoms with Gasteiger partial charge in [-0.3, -0.25) is 15.0 Å². The number of rotatable bonds is 10. The number of phenolic OH excluding ortho intramolecular Hbond substituents is 1. The molecule has 49 heavy (non-hydrogen) atoms. The zero-order valence-corrected chi connectivity index (χ0v) is 29.3. The first kappa shape index (κ1) is 35.6. The number of hydrogen-bond donors (Lipinski definition) is 3. The van der Waals surface area contributed by atoms with E-state index in [1.165, 1.54) is 44.6 Å². The zero-order valence-electron chi connectivity index (χ0n) is 26.3. The maximum atomic E-state index is 13.8. The van der Waals surface area contributed by atoms with Gasteiger partial charge >= 0.3 is 0 Å². The number of amides is 2. The lowest BCUT2D eigenvalue weighted by Crippen LogP contribution is -2.36. The second-order valence-corrected chi connectivity index (χ2v) is 12.2. The number of nitrogens with zero attached hydrogens (tertiary/aromatic N) is 4. The van der Waals surface area contributed by atoms with Crippen molar-refractivity contribution in [3.63, 3.8) is 0 Å². The molecule has 2 unspecified atom stereocenters. The molecule has 1 fully saturated rings. The highest BCUT2D eigenvalue weighted by molar-refractivity contribution is 6.43. The van der Waals surface area contributed by atoms with Gasteiger partial charge in [0.2, 0.25) is 6.04 Å². The standard InChI is InChI=1S/C33H28Cl4N6O6/c1-16-11-21(7-9-26(16)44)49-17(2)32(45)38-19-5-8-22(35)25(14-19)39-31-29(41-40-20-6-10-27(47-3)28(15-20)48-4)33(46)43(42-31)30-23(36)12-18(34)13-24(30)37/h5-15,17,29,44H,1-4H3,(H,38,45)(H,39,42). The molecule has 0 spiro atoms. The molecule has 0 bridgehead atoms. The number of hydrazine groups is 1. The number of phenols is 1. The Balaban J connectivity index is 1.46. The second-order valence-electron chi connectivity index (χ2n) is 10.5. The fraction of sp³-hybridized carbons (Fsp3) is 0.182. The third kappa shape index (κ3) is 8.11. The molecule has 4 aromatic carbocycles. The van der Waals surface area contributed by atoms with Gasteiger partial charge in [0.05, 0.1) is 40.7 Å². The van der Waals surface area contributed by atoms with Crippen LogP contribution < -0.4 is 30.0 Å². The molecule has 16 heteroatoms. The number of nitrogens with one attached hydrogen (secondary N) is 2. The van der Waals surface area contributed by atoms with Crippen LogP contribution in [-0.4, -0.2) is 49.1 Å². The number of aromatic hydroxyl groups is 1. The molecule has 1 saturated heterocycles. The number of ether oxygens (including phenoxy) is 3. The molecule has 2 amide bonds. The van der Waals surface area contributed by atoms with Crippen molar-refractivity contribution in [2.24, 2.45) is 15.2 Å². The summed E-state index contributed by atoms with van der Waals surface area (Å²) < 4.78 is 16.4. The zero-order chi connectivity index (χ0) is 35.4. The van der Waals surface area contributed by atoms with Crippen LogP contribution in [0.3, 0.4) is 0 Å². The van der Waals surface area contributed by atoms with Gasteiger partial charge < -0.3 is 24.6 Å². The summed E-state index contributed by atoms with van der Waals surface area (Å²) in [6, 6.07) is 15.8. The highest BCUT2D eigenvalue weighted by atomic mass is 35.5. The summed E-state index contributed by atoms with van der Waals surface area (Å²) in [5, 5.41) is 22.9. The van der Waals surface area contributed by atoms with E-state index in [9.17, 15) is 14.7 Å². The van der Waals surface area contributed by atoms with Gasteiger partial charge in [0, 0.05) is 16.8 Å². The summed E-state index contributed by atoms with van der Waals surface area (Å²) in [4.78, 5) is 31.4. The van der Waals surface area contributed by atoms with E-state index in [2.05, 4.69) is 26.0 Å². The van der Waals surface area contributed by atoms with Crippen LogP contribution in [0, 0.1) is 6.92 Å². The van der Waals surface area contributed by atoms with Gasteiger partial charge in [0.15, 0.2) is 23.4 Å². The lowest BCUT2D eigenvalue weighted by atomic mass is 10.2. The van der Waals surface area contributed by atoms with Gasteiger partial charge in [0.1, 0.15) is 17.2 Å².